The van der Waals surface area contributed by atoms with E-state index in [0.29, 0.717) is 11.6 Å². The second kappa shape index (κ2) is 5.23. The number of rotatable bonds is 4. The van der Waals surface area contributed by atoms with E-state index < -0.39 is 0 Å². The molecular weight excluding hydrogens is 236 g/mol. The molecule has 0 fully saturated rings. The zero-order chi connectivity index (χ0) is 12.3. The van der Waals surface area contributed by atoms with Crippen LogP contribution in [0.5, 0.6) is 5.75 Å². The van der Waals surface area contributed by atoms with Gasteiger partial charge < -0.3 is 4.74 Å². The zero-order valence-electron chi connectivity index (χ0n) is 9.98. The average molecular weight is 251 g/mol. The molecule has 0 aliphatic rings. The molecule has 0 atom stereocenters. The maximum Gasteiger partial charge on any atom is 0.131 e. The molecule has 4 heteroatoms. The van der Waals surface area contributed by atoms with Crippen LogP contribution in [-0.2, 0) is 13.2 Å². The largest absolute Gasteiger partial charge is 0.487 e. The van der Waals surface area contributed by atoms with Gasteiger partial charge in [0, 0.05) is 6.54 Å². The molecule has 90 valence electrons. The molecule has 1 aromatic carbocycles. The zero-order valence-corrected chi connectivity index (χ0v) is 10.7. The number of halogens is 1. The highest BCUT2D eigenvalue weighted by Crippen LogP contribution is 2.22. The van der Waals surface area contributed by atoms with Crippen molar-refractivity contribution in [3.05, 3.63) is 46.7 Å². The summed E-state index contributed by atoms with van der Waals surface area (Å²) in [6.07, 6.45) is 0. The maximum absolute atomic E-state index is 6.20. The van der Waals surface area contributed by atoms with Gasteiger partial charge in [0.25, 0.3) is 0 Å². The Hall–Kier alpha value is -1.48. The van der Waals surface area contributed by atoms with Crippen LogP contribution < -0.4 is 4.74 Å². The molecule has 0 amide bonds. The number of para-hydroxylation sites is 1. The van der Waals surface area contributed by atoms with Crippen LogP contribution in [0.1, 0.15) is 18.3 Å². The van der Waals surface area contributed by atoms with Crippen LogP contribution in [0.4, 0.5) is 0 Å². The highest BCUT2D eigenvalue weighted by Gasteiger charge is 2.12. The topological polar surface area (TPSA) is 27.1 Å². The lowest BCUT2D eigenvalue weighted by Gasteiger charge is -2.08. The highest BCUT2D eigenvalue weighted by molar-refractivity contribution is 6.31. The van der Waals surface area contributed by atoms with Gasteiger partial charge in [-0.25, -0.2) is 0 Å². The Kier molecular flexibility index (Phi) is 3.69. The third-order valence-electron chi connectivity index (χ3n) is 2.57. The summed E-state index contributed by atoms with van der Waals surface area (Å²) >= 11 is 6.20. The number of hydrogen-bond donors (Lipinski definition) is 0. The van der Waals surface area contributed by atoms with Gasteiger partial charge in [-0.15, -0.1) is 0 Å². The van der Waals surface area contributed by atoms with Gasteiger partial charge >= 0.3 is 0 Å². The number of benzene rings is 1. The molecule has 0 aliphatic carbocycles. The molecule has 0 unspecified atom stereocenters. The van der Waals surface area contributed by atoms with E-state index in [-0.39, 0.29) is 0 Å². The minimum absolute atomic E-state index is 0.442. The summed E-state index contributed by atoms with van der Waals surface area (Å²) in [6.45, 7) is 5.17. The molecule has 0 radical (unpaired) electrons. The van der Waals surface area contributed by atoms with Crippen molar-refractivity contribution in [1.82, 2.24) is 9.78 Å². The smallest absolute Gasteiger partial charge is 0.131 e. The van der Waals surface area contributed by atoms with Crippen molar-refractivity contribution >= 4 is 11.6 Å². The number of nitrogens with zero attached hydrogens (tertiary/aromatic N) is 2. The SMILES string of the molecule is CCn1nc(C)c(Cl)c1COc1ccccc1. The first-order valence-corrected chi connectivity index (χ1v) is 5.99. The van der Waals surface area contributed by atoms with Gasteiger partial charge in [-0.05, 0) is 26.0 Å². The van der Waals surface area contributed by atoms with E-state index in [1.54, 1.807) is 0 Å². The van der Waals surface area contributed by atoms with E-state index in [2.05, 4.69) is 5.10 Å². The van der Waals surface area contributed by atoms with E-state index in [1.165, 1.54) is 0 Å². The Labute approximate surface area is 106 Å². The first kappa shape index (κ1) is 12.0. The van der Waals surface area contributed by atoms with Gasteiger partial charge in [-0.3, -0.25) is 4.68 Å². The summed E-state index contributed by atoms with van der Waals surface area (Å²) in [6, 6.07) is 9.69. The predicted octanol–water partition coefficient (Wildman–Crippen LogP) is 3.44. The molecule has 0 saturated carbocycles. The molecule has 17 heavy (non-hydrogen) atoms. The molecule has 2 aromatic rings. The molecule has 0 spiro atoms. The van der Waals surface area contributed by atoms with Crippen LogP contribution in [0.25, 0.3) is 0 Å². The van der Waals surface area contributed by atoms with Crippen molar-refractivity contribution in [2.24, 2.45) is 0 Å². The summed E-state index contributed by atoms with van der Waals surface area (Å²) in [7, 11) is 0. The van der Waals surface area contributed by atoms with Crippen LogP contribution in [0.15, 0.2) is 30.3 Å². The Bertz CT molecular complexity index is 494. The summed E-state index contributed by atoms with van der Waals surface area (Å²) < 4.78 is 7.56. The lowest BCUT2D eigenvalue weighted by atomic mass is 10.3. The van der Waals surface area contributed by atoms with E-state index in [0.717, 1.165) is 23.7 Å². The van der Waals surface area contributed by atoms with Crippen LogP contribution >= 0.6 is 11.6 Å². The number of aryl methyl sites for hydroxylation is 2. The molecule has 0 aliphatic heterocycles. The summed E-state index contributed by atoms with van der Waals surface area (Å²) in [5, 5.41) is 5.04. The van der Waals surface area contributed by atoms with E-state index in [4.69, 9.17) is 16.3 Å². The lowest BCUT2D eigenvalue weighted by molar-refractivity contribution is 0.292. The molecular formula is C13H15ClN2O. The minimum atomic E-state index is 0.442. The van der Waals surface area contributed by atoms with Crippen LogP contribution in [0.2, 0.25) is 5.02 Å². The van der Waals surface area contributed by atoms with Gasteiger partial charge in [0.1, 0.15) is 12.4 Å². The van der Waals surface area contributed by atoms with Crippen molar-refractivity contribution in [2.75, 3.05) is 0 Å². The van der Waals surface area contributed by atoms with Gasteiger partial charge in [-0.2, -0.15) is 5.10 Å². The molecule has 3 nitrogen and oxygen atoms in total. The Morgan fingerprint density at radius 3 is 2.65 bits per heavy atom. The van der Waals surface area contributed by atoms with Gasteiger partial charge in [0.2, 0.25) is 0 Å². The van der Waals surface area contributed by atoms with E-state index >= 15 is 0 Å². The van der Waals surface area contributed by atoms with Gasteiger partial charge in [-0.1, -0.05) is 29.8 Å². The second-order valence-corrected chi connectivity index (χ2v) is 4.14. The normalized spacial score (nSPS) is 10.5. The van der Waals surface area contributed by atoms with Crippen molar-refractivity contribution in [3.63, 3.8) is 0 Å². The fourth-order valence-corrected chi connectivity index (χ4v) is 1.87. The first-order valence-electron chi connectivity index (χ1n) is 5.62. The number of ether oxygens (including phenoxy) is 1. The third-order valence-corrected chi connectivity index (χ3v) is 3.06. The van der Waals surface area contributed by atoms with Crippen LogP contribution in [0.3, 0.4) is 0 Å². The third kappa shape index (κ3) is 2.61. The second-order valence-electron chi connectivity index (χ2n) is 3.76. The van der Waals surface area contributed by atoms with Crippen molar-refractivity contribution in [1.29, 1.82) is 0 Å². The lowest BCUT2D eigenvalue weighted by Crippen LogP contribution is -2.06. The molecule has 0 N–H and O–H groups in total. The monoisotopic (exact) mass is 250 g/mol. The molecule has 1 heterocycles. The Morgan fingerprint density at radius 1 is 1.29 bits per heavy atom. The number of aromatic nitrogens is 2. The summed E-state index contributed by atoms with van der Waals surface area (Å²) in [4.78, 5) is 0. The standard InChI is InChI=1S/C13H15ClN2O/c1-3-16-12(13(14)10(2)15-16)9-17-11-7-5-4-6-8-11/h4-8H,3,9H2,1-2H3. The fraction of sp³-hybridized carbons (Fsp3) is 0.308. The van der Waals surface area contributed by atoms with E-state index in [1.807, 2.05) is 48.9 Å². The van der Waals surface area contributed by atoms with Crippen molar-refractivity contribution in [3.8, 4) is 5.75 Å². The molecule has 2 rings (SSSR count). The van der Waals surface area contributed by atoms with Crippen LogP contribution in [-0.4, -0.2) is 9.78 Å². The molecule has 0 saturated heterocycles. The maximum atomic E-state index is 6.20. The number of hydrogen-bond acceptors (Lipinski definition) is 2. The van der Waals surface area contributed by atoms with Crippen LogP contribution in [0, 0.1) is 6.92 Å². The van der Waals surface area contributed by atoms with Gasteiger partial charge in [0.05, 0.1) is 16.4 Å². The average Bonchev–Trinajstić information content (AvgIpc) is 2.64. The molecule has 0 bridgehead atoms. The fourth-order valence-electron chi connectivity index (χ4n) is 1.68. The Morgan fingerprint density at radius 2 is 2.00 bits per heavy atom. The minimum Gasteiger partial charge on any atom is -0.487 e. The van der Waals surface area contributed by atoms with Gasteiger partial charge in [0.15, 0.2) is 0 Å². The van der Waals surface area contributed by atoms with Crippen molar-refractivity contribution in [2.45, 2.75) is 27.0 Å². The summed E-state index contributed by atoms with van der Waals surface area (Å²) in [5.41, 5.74) is 1.77. The van der Waals surface area contributed by atoms with E-state index in [9.17, 15) is 0 Å². The Balaban J connectivity index is 2.14. The summed E-state index contributed by atoms with van der Waals surface area (Å²) in [5.74, 6) is 0.838. The quantitative estimate of drug-likeness (QED) is 0.831. The highest BCUT2D eigenvalue weighted by atomic mass is 35.5. The predicted molar refractivity (Wildman–Crippen MR) is 68.4 cm³/mol. The van der Waals surface area contributed by atoms with Crippen molar-refractivity contribution < 1.29 is 4.74 Å². The first-order chi connectivity index (χ1) is 8.22. The molecule has 1 aromatic heterocycles.